The summed E-state index contributed by atoms with van der Waals surface area (Å²) in [6.45, 7) is 4.56. The average molecular weight is 205 g/mol. The first-order valence-corrected chi connectivity index (χ1v) is 6.09. The van der Waals surface area contributed by atoms with Gasteiger partial charge in [-0.05, 0) is 30.0 Å². The van der Waals surface area contributed by atoms with Crippen molar-refractivity contribution in [3.8, 4) is 0 Å². The van der Waals surface area contributed by atoms with E-state index in [1.807, 2.05) is 12.1 Å². The molecule has 1 heteroatoms. The van der Waals surface area contributed by atoms with Gasteiger partial charge in [-0.2, -0.15) is 0 Å². The lowest BCUT2D eigenvalue weighted by Crippen LogP contribution is -1.94. The molecule has 0 fully saturated rings. The average Bonchev–Trinajstić information content (AvgIpc) is 2.25. The van der Waals surface area contributed by atoms with Gasteiger partial charge in [0.05, 0.1) is 0 Å². The summed E-state index contributed by atoms with van der Waals surface area (Å²) in [5, 5.41) is 0. The molecule has 0 aliphatic heterocycles. The molecular weight excluding hydrogens is 182 g/mol. The van der Waals surface area contributed by atoms with Crippen LogP contribution in [0.25, 0.3) is 0 Å². The first kappa shape index (κ1) is 12.1. The fraction of sp³-hybridized carbons (Fsp3) is 0.571. The van der Waals surface area contributed by atoms with Crippen LogP contribution in [0.2, 0.25) is 0 Å². The summed E-state index contributed by atoms with van der Waals surface area (Å²) in [6, 6.07) is 8.30. The lowest BCUT2D eigenvalue weighted by Gasteiger charge is -2.11. The van der Waals surface area contributed by atoms with Gasteiger partial charge in [0.2, 0.25) is 0 Å². The normalized spacial score (nSPS) is 12.7. The summed E-state index contributed by atoms with van der Waals surface area (Å²) in [7, 11) is 0. The van der Waals surface area contributed by atoms with Gasteiger partial charge in [0, 0.05) is 5.69 Å². The molecule has 0 bridgehead atoms. The predicted molar refractivity (Wildman–Crippen MR) is 68.0 cm³/mol. The smallest absolute Gasteiger partial charge is 0.0314 e. The Hall–Kier alpha value is -0.980. The Labute approximate surface area is 93.7 Å². The molecule has 1 rings (SSSR count). The summed E-state index contributed by atoms with van der Waals surface area (Å²) < 4.78 is 0. The minimum absolute atomic E-state index is 0.669. The summed E-state index contributed by atoms with van der Waals surface area (Å²) in [5.41, 5.74) is 7.94. The Bertz CT molecular complexity index is 263. The first-order chi connectivity index (χ1) is 7.24. The predicted octanol–water partition coefficient (Wildman–Crippen LogP) is 4.34. The third-order valence-electron chi connectivity index (χ3n) is 3.00. The van der Waals surface area contributed by atoms with E-state index in [0.29, 0.717) is 5.92 Å². The number of rotatable bonds is 6. The van der Waals surface area contributed by atoms with Crippen molar-refractivity contribution in [1.29, 1.82) is 0 Å². The topological polar surface area (TPSA) is 26.0 Å². The molecule has 84 valence electrons. The maximum Gasteiger partial charge on any atom is 0.0314 e. The third kappa shape index (κ3) is 4.37. The van der Waals surface area contributed by atoms with Crippen molar-refractivity contribution in [2.24, 2.45) is 0 Å². The maximum atomic E-state index is 5.67. The molecule has 1 atom stereocenters. The zero-order valence-electron chi connectivity index (χ0n) is 10.00. The standard InChI is InChI=1S/C14H23N/c1-3-4-5-6-7-12(2)13-8-10-14(15)11-9-13/h8-12H,3-7,15H2,1-2H3/t12-/m1/s1. The molecule has 1 nitrogen and oxygen atoms in total. The number of nitrogen functional groups attached to an aromatic ring is 1. The fourth-order valence-corrected chi connectivity index (χ4v) is 1.87. The highest BCUT2D eigenvalue weighted by Crippen LogP contribution is 2.22. The SMILES string of the molecule is CCCCCC[C@@H](C)c1ccc(N)cc1. The van der Waals surface area contributed by atoms with Gasteiger partial charge in [0.1, 0.15) is 0 Å². The summed E-state index contributed by atoms with van der Waals surface area (Å²) in [5.74, 6) is 0.669. The van der Waals surface area contributed by atoms with Crippen LogP contribution in [0.3, 0.4) is 0 Å². The first-order valence-electron chi connectivity index (χ1n) is 6.09. The van der Waals surface area contributed by atoms with Crippen molar-refractivity contribution in [3.05, 3.63) is 29.8 Å². The van der Waals surface area contributed by atoms with E-state index in [2.05, 4.69) is 26.0 Å². The number of anilines is 1. The molecule has 0 amide bonds. The summed E-state index contributed by atoms with van der Waals surface area (Å²) >= 11 is 0. The van der Waals surface area contributed by atoms with Gasteiger partial charge in [-0.1, -0.05) is 51.7 Å². The minimum atomic E-state index is 0.669. The van der Waals surface area contributed by atoms with Crippen molar-refractivity contribution in [3.63, 3.8) is 0 Å². The Morgan fingerprint density at radius 2 is 1.73 bits per heavy atom. The van der Waals surface area contributed by atoms with Gasteiger partial charge < -0.3 is 5.73 Å². The Morgan fingerprint density at radius 1 is 1.07 bits per heavy atom. The van der Waals surface area contributed by atoms with E-state index < -0.39 is 0 Å². The van der Waals surface area contributed by atoms with Crippen LogP contribution >= 0.6 is 0 Å². The second-order valence-corrected chi connectivity index (χ2v) is 4.42. The maximum absolute atomic E-state index is 5.67. The Balaban J connectivity index is 2.33. The van der Waals surface area contributed by atoms with Crippen molar-refractivity contribution < 1.29 is 0 Å². The van der Waals surface area contributed by atoms with Crippen LogP contribution in [0.4, 0.5) is 5.69 Å². The lowest BCUT2D eigenvalue weighted by molar-refractivity contribution is 0.580. The van der Waals surface area contributed by atoms with E-state index in [9.17, 15) is 0 Å². The fourth-order valence-electron chi connectivity index (χ4n) is 1.87. The van der Waals surface area contributed by atoms with Crippen LogP contribution in [0, 0.1) is 0 Å². The van der Waals surface area contributed by atoms with Crippen LogP contribution in [-0.2, 0) is 0 Å². The molecule has 2 N–H and O–H groups in total. The molecule has 0 heterocycles. The van der Waals surface area contributed by atoms with Gasteiger partial charge in [-0.25, -0.2) is 0 Å². The second kappa shape index (κ2) is 6.49. The van der Waals surface area contributed by atoms with Crippen molar-refractivity contribution in [2.75, 3.05) is 5.73 Å². The quantitative estimate of drug-likeness (QED) is 0.542. The molecule has 15 heavy (non-hydrogen) atoms. The van der Waals surface area contributed by atoms with Gasteiger partial charge in [0.25, 0.3) is 0 Å². The zero-order valence-corrected chi connectivity index (χ0v) is 10.00. The molecule has 1 aromatic carbocycles. The van der Waals surface area contributed by atoms with E-state index in [4.69, 9.17) is 5.73 Å². The number of unbranched alkanes of at least 4 members (excludes halogenated alkanes) is 3. The van der Waals surface area contributed by atoms with E-state index in [0.717, 1.165) is 5.69 Å². The highest BCUT2D eigenvalue weighted by Gasteiger charge is 2.04. The van der Waals surface area contributed by atoms with E-state index in [1.54, 1.807) is 0 Å². The molecule has 1 aromatic rings. The van der Waals surface area contributed by atoms with Gasteiger partial charge in [-0.3, -0.25) is 0 Å². The third-order valence-corrected chi connectivity index (χ3v) is 3.00. The van der Waals surface area contributed by atoms with Crippen LogP contribution in [0.15, 0.2) is 24.3 Å². The second-order valence-electron chi connectivity index (χ2n) is 4.42. The van der Waals surface area contributed by atoms with Crippen LogP contribution < -0.4 is 5.73 Å². The van der Waals surface area contributed by atoms with Crippen molar-refractivity contribution in [2.45, 2.75) is 51.9 Å². The number of hydrogen-bond donors (Lipinski definition) is 1. The Kier molecular flexibility index (Phi) is 5.23. The van der Waals surface area contributed by atoms with Crippen LogP contribution in [0.5, 0.6) is 0 Å². The number of nitrogens with two attached hydrogens (primary N) is 1. The molecule has 0 aliphatic carbocycles. The minimum Gasteiger partial charge on any atom is -0.399 e. The molecule has 0 spiro atoms. The van der Waals surface area contributed by atoms with Crippen molar-refractivity contribution >= 4 is 5.69 Å². The van der Waals surface area contributed by atoms with E-state index in [1.165, 1.54) is 37.7 Å². The number of benzene rings is 1. The van der Waals surface area contributed by atoms with Gasteiger partial charge >= 0.3 is 0 Å². The highest BCUT2D eigenvalue weighted by molar-refractivity contribution is 5.40. The lowest BCUT2D eigenvalue weighted by atomic mass is 9.95. The summed E-state index contributed by atoms with van der Waals surface area (Å²) in [4.78, 5) is 0. The molecular formula is C14H23N. The molecule has 0 saturated heterocycles. The molecule has 0 radical (unpaired) electrons. The molecule has 0 aliphatic rings. The van der Waals surface area contributed by atoms with Gasteiger partial charge in [-0.15, -0.1) is 0 Å². The number of hydrogen-bond acceptors (Lipinski definition) is 1. The van der Waals surface area contributed by atoms with E-state index in [-0.39, 0.29) is 0 Å². The highest BCUT2D eigenvalue weighted by atomic mass is 14.5. The largest absolute Gasteiger partial charge is 0.399 e. The molecule has 0 unspecified atom stereocenters. The Morgan fingerprint density at radius 3 is 2.33 bits per heavy atom. The van der Waals surface area contributed by atoms with E-state index >= 15 is 0 Å². The van der Waals surface area contributed by atoms with Crippen LogP contribution in [0.1, 0.15) is 57.4 Å². The van der Waals surface area contributed by atoms with Crippen LogP contribution in [-0.4, -0.2) is 0 Å². The summed E-state index contributed by atoms with van der Waals surface area (Å²) in [6.07, 6.45) is 6.70. The van der Waals surface area contributed by atoms with Crippen molar-refractivity contribution in [1.82, 2.24) is 0 Å². The zero-order chi connectivity index (χ0) is 11.1. The monoisotopic (exact) mass is 205 g/mol. The molecule has 0 aromatic heterocycles. The molecule has 0 saturated carbocycles. The van der Waals surface area contributed by atoms with Gasteiger partial charge in [0.15, 0.2) is 0 Å².